The molecule has 0 aliphatic rings. The maximum absolute atomic E-state index is 12.4. The van der Waals surface area contributed by atoms with E-state index in [9.17, 15) is 24.0 Å². The Balaban J connectivity index is 4.87. The maximum atomic E-state index is 12.4. The second kappa shape index (κ2) is 14.4. The Labute approximate surface area is 163 Å². The molecule has 6 N–H and O–H groups in total. The topological polar surface area (TPSA) is 177 Å². The molecule has 0 aliphatic carbocycles. The summed E-state index contributed by atoms with van der Waals surface area (Å²) in [6.45, 7) is 1.80. The molecule has 0 saturated carbocycles. The molecule has 3 amide bonds. The lowest BCUT2D eigenvalue weighted by atomic mass is 10.1. The van der Waals surface area contributed by atoms with Gasteiger partial charge in [0.15, 0.2) is 0 Å². The first kappa shape index (κ1) is 25.3. The van der Waals surface area contributed by atoms with E-state index in [1.54, 1.807) is 0 Å². The first-order chi connectivity index (χ1) is 13.2. The number of esters is 1. The van der Waals surface area contributed by atoms with Gasteiger partial charge >= 0.3 is 11.9 Å². The van der Waals surface area contributed by atoms with E-state index in [4.69, 9.17) is 10.8 Å². The third-order valence-corrected chi connectivity index (χ3v) is 3.74. The number of nitrogens with two attached hydrogens (primary N) is 1. The SMILES string of the molecule is COC(=O)CCCNC(=O)[C@H](CCCCN)NC(=O)[C@H](CC(=O)O)NC(C)=O. The lowest BCUT2D eigenvalue weighted by Gasteiger charge is -2.22. The lowest BCUT2D eigenvalue weighted by Crippen LogP contribution is -2.54. The molecule has 0 aromatic rings. The van der Waals surface area contributed by atoms with E-state index in [1.807, 2.05) is 0 Å². The van der Waals surface area contributed by atoms with Crippen LogP contribution in [0.5, 0.6) is 0 Å². The molecule has 0 bridgehead atoms. The number of amides is 3. The minimum absolute atomic E-state index is 0.143. The summed E-state index contributed by atoms with van der Waals surface area (Å²) < 4.78 is 4.51. The third-order valence-electron chi connectivity index (χ3n) is 3.74. The number of rotatable bonds is 14. The fourth-order valence-corrected chi connectivity index (χ4v) is 2.33. The van der Waals surface area contributed by atoms with Crippen molar-refractivity contribution in [2.24, 2.45) is 5.73 Å². The summed E-state index contributed by atoms with van der Waals surface area (Å²) in [5.41, 5.74) is 5.45. The van der Waals surface area contributed by atoms with Crippen molar-refractivity contribution in [2.45, 2.75) is 57.5 Å². The molecular weight excluding hydrogens is 372 g/mol. The molecule has 0 saturated heterocycles. The number of aliphatic carboxylic acids is 1. The number of unbranched alkanes of at least 4 members (excludes halogenated alkanes) is 1. The summed E-state index contributed by atoms with van der Waals surface area (Å²) >= 11 is 0. The van der Waals surface area contributed by atoms with Gasteiger partial charge in [-0.05, 0) is 32.2 Å². The summed E-state index contributed by atoms with van der Waals surface area (Å²) in [5, 5.41) is 16.3. The van der Waals surface area contributed by atoms with Gasteiger partial charge in [0.25, 0.3) is 0 Å². The first-order valence-electron chi connectivity index (χ1n) is 9.05. The summed E-state index contributed by atoms with van der Waals surface area (Å²) in [6, 6.07) is -2.21. The van der Waals surface area contributed by atoms with E-state index >= 15 is 0 Å². The minimum atomic E-state index is -1.29. The molecule has 2 atom stereocenters. The Morgan fingerprint density at radius 1 is 1.00 bits per heavy atom. The number of ether oxygens (including phenoxy) is 1. The van der Waals surface area contributed by atoms with Gasteiger partial charge in [0.2, 0.25) is 17.7 Å². The van der Waals surface area contributed by atoms with Gasteiger partial charge in [-0.1, -0.05) is 0 Å². The van der Waals surface area contributed by atoms with Crippen molar-refractivity contribution in [2.75, 3.05) is 20.2 Å². The molecule has 0 fully saturated rings. The number of carboxylic acids is 1. The van der Waals surface area contributed by atoms with Gasteiger partial charge in [-0.3, -0.25) is 24.0 Å². The van der Waals surface area contributed by atoms with Crippen LogP contribution in [0.1, 0.15) is 45.4 Å². The Morgan fingerprint density at radius 3 is 2.21 bits per heavy atom. The van der Waals surface area contributed by atoms with Gasteiger partial charge in [-0.25, -0.2) is 0 Å². The van der Waals surface area contributed by atoms with Crippen LogP contribution in [0, 0.1) is 0 Å². The Bertz CT molecular complexity index is 538. The van der Waals surface area contributed by atoms with Crippen LogP contribution < -0.4 is 21.7 Å². The lowest BCUT2D eigenvalue weighted by molar-refractivity contribution is -0.141. The summed E-state index contributed by atoms with van der Waals surface area (Å²) in [5.74, 6) is -3.45. The second-order valence-corrected chi connectivity index (χ2v) is 6.17. The first-order valence-corrected chi connectivity index (χ1v) is 9.05. The Morgan fingerprint density at radius 2 is 1.68 bits per heavy atom. The zero-order chi connectivity index (χ0) is 21.5. The van der Waals surface area contributed by atoms with Crippen molar-refractivity contribution < 1.29 is 33.8 Å². The molecule has 0 rings (SSSR count). The quantitative estimate of drug-likeness (QED) is 0.175. The van der Waals surface area contributed by atoms with E-state index in [2.05, 4.69) is 20.7 Å². The molecular formula is C17H30N4O7. The van der Waals surface area contributed by atoms with E-state index in [0.717, 1.165) is 6.92 Å². The number of carboxylic acid groups (broad SMARTS) is 1. The van der Waals surface area contributed by atoms with E-state index in [1.165, 1.54) is 7.11 Å². The van der Waals surface area contributed by atoms with Gasteiger partial charge in [0.1, 0.15) is 12.1 Å². The van der Waals surface area contributed by atoms with E-state index in [0.29, 0.717) is 32.2 Å². The van der Waals surface area contributed by atoms with Gasteiger partial charge in [-0.2, -0.15) is 0 Å². The highest BCUT2D eigenvalue weighted by atomic mass is 16.5. The minimum Gasteiger partial charge on any atom is -0.481 e. The third kappa shape index (κ3) is 11.8. The molecule has 0 aliphatic heterocycles. The number of nitrogens with one attached hydrogen (secondary N) is 3. The fourth-order valence-electron chi connectivity index (χ4n) is 2.33. The average molecular weight is 402 g/mol. The zero-order valence-electron chi connectivity index (χ0n) is 16.3. The average Bonchev–Trinajstić information content (AvgIpc) is 2.62. The molecule has 0 spiro atoms. The van der Waals surface area contributed by atoms with Crippen LogP contribution in [0.25, 0.3) is 0 Å². The van der Waals surface area contributed by atoms with Crippen LogP contribution in [-0.4, -0.2) is 67.0 Å². The number of carbonyl (C=O) groups is 5. The van der Waals surface area contributed by atoms with Crippen molar-refractivity contribution >= 4 is 29.7 Å². The largest absolute Gasteiger partial charge is 0.481 e. The summed E-state index contributed by atoms with van der Waals surface area (Å²) in [7, 11) is 1.27. The normalized spacial score (nSPS) is 12.4. The Kier molecular flexibility index (Phi) is 13.0. The van der Waals surface area contributed by atoms with Crippen molar-refractivity contribution in [1.29, 1.82) is 0 Å². The molecule has 11 nitrogen and oxygen atoms in total. The molecule has 28 heavy (non-hydrogen) atoms. The van der Waals surface area contributed by atoms with Crippen molar-refractivity contribution in [3.8, 4) is 0 Å². The smallest absolute Gasteiger partial charge is 0.305 e. The summed E-state index contributed by atoms with van der Waals surface area (Å²) in [4.78, 5) is 57.9. The summed E-state index contributed by atoms with van der Waals surface area (Å²) in [6.07, 6.45) is 1.42. The monoisotopic (exact) mass is 402 g/mol. The van der Waals surface area contributed by atoms with E-state index < -0.39 is 48.2 Å². The van der Waals surface area contributed by atoms with Crippen LogP contribution in [0.15, 0.2) is 0 Å². The standard InChI is InChI=1S/C17H30N4O7/c1-11(22)20-13(10-14(23)24)17(27)21-12(6-3-4-8-18)16(26)19-9-5-7-15(25)28-2/h12-13H,3-10,18H2,1-2H3,(H,19,26)(H,20,22)(H,21,27)(H,23,24)/t12-,13-/m0/s1. The molecule has 0 unspecified atom stereocenters. The molecule has 0 radical (unpaired) electrons. The highest BCUT2D eigenvalue weighted by molar-refractivity contribution is 5.93. The number of methoxy groups -OCH3 is 1. The van der Waals surface area contributed by atoms with Crippen molar-refractivity contribution in [3.05, 3.63) is 0 Å². The molecule has 11 heteroatoms. The van der Waals surface area contributed by atoms with Crippen LogP contribution in [0.3, 0.4) is 0 Å². The molecule has 160 valence electrons. The van der Waals surface area contributed by atoms with Gasteiger partial charge in [-0.15, -0.1) is 0 Å². The van der Waals surface area contributed by atoms with Crippen LogP contribution in [-0.2, 0) is 28.7 Å². The van der Waals surface area contributed by atoms with Crippen molar-refractivity contribution in [1.82, 2.24) is 16.0 Å². The van der Waals surface area contributed by atoms with Gasteiger partial charge in [0.05, 0.1) is 13.5 Å². The van der Waals surface area contributed by atoms with Crippen LogP contribution >= 0.6 is 0 Å². The zero-order valence-corrected chi connectivity index (χ0v) is 16.3. The van der Waals surface area contributed by atoms with Gasteiger partial charge < -0.3 is 31.5 Å². The van der Waals surface area contributed by atoms with Crippen LogP contribution in [0.2, 0.25) is 0 Å². The number of carbonyl (C=O) groups excluding carboxylic acids is 4. The molecule has 0 aromatic heterocycles. The number of hydrogen-bond acceptors (Lipinski definition) is 7. The highest BCUT2D eigenvalue weighted by Crippen LogP contribution is 2.03. The predicted molar refractivity (Wildman–Crippen MR) is 99.0 cm³/mol. The molecule has 0 aromatic carbocycles. The second-order valence-electron chi connectivity index (χ2n) is 6.17. The fraction of sp³-hybridized carbons (Fsp3) is 0.706. The van der Waals surface area contributed by atoms with Crippen LogP contribution in [0.4, 0.5) is 0 Å². The van der Waals surface area contributed by atoms with E-state index in [-0.39, 0.29) is 13.0 Å². The van der Waals surface area contributed by atoms with Crippen molar-refractivity contribution in [3.63, 3.8) is 0 Å². The predicted octanol–water partition coefficient (Wildman–Crippen LogP) is -1.35. The van der Waals surface area contributed by atoms with Gasteiger partial charge in [0, 0.05) is 19.9 Å². The number of hydrogen-bond donors (Lipinski definition) is 5. The maximum Gasteiger partial charge on any atom is 0.305 e. The highest BCUT2D eigenvalue weighted by Gasteiger charge is 2.27. The Hall–Kier alpha value is -2.69. The molecule has 0 heterocycles.